The lowest BCUT2D eigenvalue weighted by Crippen LogP contribution is -2.26. The summed E-state index contributed by atoms with van der Waals surface area (Å²) in [5.41, 5.74) is 5.79. The molecular weight excluding hydrogens is 162 g/mol. The fourth-order valence-electron chi connectivity index (χ4n) is 1.65. The highest BCUT2D eigenvalue weighted by Crippen LogP contribution is 2.27. The molecule has 2 atom stereocenters. The van der Waals surface area contributed by atoms with E-state index in [1.54, 1.807) is 0 Å². The minimum Gasteiger partial charge on any atom is -0.378 e. The van der Waals surface area contributed by atoms with Crippen LogP contribution >= 0.6 is 0 Å². The molecule has 1 rings (SSSR count). The smallest absolute Gasteiger partial charge is 0.0576 e. The van der Waals surface area contributed by atoms with Crippen molar-refractivity contribution in [1.29, 1.82) is 0 Å². The van der Waals surface area contributed by atoms with Crippen LogP contribution in [0.5, 0.6) is 0 Å². The Morgan fingerprint density at radius 1 is 1.69 bits per heavy atom. The van der Waals surface area contributed by atoms with Crippen molar-refractivity contribution in [3.63, 3.8) is 0 Å². The number of ether oxygens (including phenoxy) is 1. The average molecular weight is 183 g/mol. The minimum absolute atomic E-state index is 0.103. The lowest BCUT2D eigenvalue weighted by Gasteiger charge is -2.24. The molecule has 1 fully saturated rings. The molecule has 13 heavy (non-hydrogen) atoms. The summed E-state index contributed by atoms with van der Waals surface area (Å²) in [7, 11) is 0. The van der Waals surface area contributed by atoms with Gasteiger partial charge in [0.05, 0.1) is 6.10 Å². The predicted molar refractivity (Wildman–Crippen MR) is 55.6 cm³/mol. The van der Waals surface area contributed by atoms with Gasteiger partial charge in [-0.1, -0.05) is 13.0 Å². The molecule has 0 amide bonds. The summed E-state index contributed by atoms with van der Waals surface area (Å²) in [5.74, 6) is 0. The maximum atomic E-state index is 5.69. The molecule has 0 aliphatic carbocycles. The molecule has 0 bridgehead atoms. The molecule has 2 N–H and O–H groups in total. The van der Waals surface area contributed by atoms with Crippen molar-refractivity contribution in [3.8, 4) is 0 Å². The molecule has 1 aliphatic rings. The molecule has 2 heteroatoms. The summed E-state index contributed by atoms with van der Waals surface area (Å²) in [4.78, 5) is 0. The van der Waals surface area contributed by atoms with Crippen molar-refractivity contribution in [3.05, 3.63) is 12.7 Å². The Morgan fingerprint density at radius 3 is 2.92 bits per heavy atom. The molecule has 1 aliphatic heterocycles. The third kappa shape index (κ3) is 3.12. The molecule has 0 aromatic heterocycles. The molecule has 0 saturated carbocycles. The average Bonchev–Trinajstić information content (AvgIpc) is 2.67. The van der Waals surface area contributed by atoms with E-state index in [0.29, 0.717) is 12.6 Å². The Kier molecular flexibility index (Phi) is 3.94. The second-order valence-electron chi connectivity index (χ2n) is 4.24. The molecule has 1 heterocycles. The summed E-state index contributed by atoms with van der Waals surface area (Å²) in [6.45, 7) is 7.62. The Balaban J connectivity index is 2.26. The van der Waals surface area contributed by atoms with Crippen LogP contribution in [0.3, 0.4) is 0 Å². The zero-order valence-corrected chi connectivity index (χ0v) is 8.59. The van der Waals surface area contributed by atoms with Crippen LogP contribution in [-0.4, -0.2) is 19.3 Å². The Labute approximate surface area is 81.1 Å². The molecular formula is C11H21NO. The van der Waals surface area contributed by atoms with Gasteiger partial charge in [-0.05, 0) is 31.1 Å². The number of hydrogen-bond acceptors (Lipinski definition) is 2. The van der Waals surface area contributed by atoms with Crippen LogP contribution in [0, 0.1) is 5.41 Å². The monoisotopic (exact) mass is 183 g/mol. The largest absolute Gasteiger partial charge is 0.378 e. The topological polar surface area (TPSA) is 35.2 Å². The van der Waals surface area contributed by atoms with Gasteiger partial charge in [0.25, 0.3) is 0 Å². The molecule has 0 spiro atoms. The lowest BCUT2D eigenvalue weighted by molar-refractivity contribution is 0.0949. The standard InChI is InChI=1S/C11H21NO/c1-3-11(2,9-12)7-6-10-5-4-8-13-10/h3,10H,1,4-9,12H2,2H3. The predicted octanol–water partition coefficient (Wildman–Crippen LogP) is 2.10. The van der Waals surface area contributed by atoms with E-state index in [9.17, 15) is 0 Å². The van der Waals surface area contributed by atoms with Gasteiger partial charge in [-0.3, -0.25) is 0 Å². The van der Waals surface area contributed by atoms with Crippen molar-refractivity contribution >= 4 is 0 Å². The fourth-order valence-corrected chi connectivity index (χ4v) is 1.65. The van der Waals surface area contributed by atoms with Crippen molar-refractivity contribution in [2.24, 2.45) is 11.1 Å². The Hall–Kier alpha value is -0.340. The van der Waals surface area contributed by atoms with E-state index in [4.69, 9.17) is 10.5 Å². The lowest BCUT2D eigenvalue weighted by atomic mass is 9.84. The van der Waals surface area contributed by atoms with Gasteiger partial charge in [0.15, 0.2) is 0 Å². The zero-order chi connectivity index (χ0) is 9.73. The van der Waals surface area contributed by atoms with Gasteiger partial charge in [-0.25, -0.2) is 0 Å². The molecule has 0 radical (unpaired) electrons. The molecule has 0 aromatic carbocycles. The number of hydrogen-bond donors (Lipinski definition) is 1. The normalized spacial score (nSPS) is 27.1. The first-order chi connectivity index (χ1) is 6.20. The van der Waals surface area contributed by atoms with Gasteiger partial charge in [-0.15, -0.1) is 6.58 Å². The van der Waals surface area contributed by atoms with E-state index < -0.39 is 0 Å². The third-order valence-electron chi connectivity index (χ3n) is 3.02. The minimum atomic E-state index is 0.103. The van der Waals surface area contributed by atoms with E-state index >= 15 is 0 Å². The number of nitrogens with two attached hydrogens (primary N) is 1. The van der Waals surface area contributed by atoms with E-state index in [0.717, 1.165) is 19.4 Å². The van der Waals surface area contributed by atoms with E-state index in [-0.39, 0.29) is 5.41 Å². The van der Waals surface area contributed by atoms with Crippen LogP contribution < -0.4 is 5.73 Å². The van der Waals surface area contributed by atoms with Gasteiger partial charge in [0.1, 0.15) is 0 Å². The van der Waals surface area contributed by atoms with Gasteiger partial charge in [0, 0.05) is 13.2 Å². The molecule has 1 saturated heterocycles. The van der Waals surface area contributed by atoms with Crippen molar-refractivity contribution in [1.82, 2.24) is 0 Å². The molecule has 0 aromatic rings. The summed E-state index contributed by atoms with van der Waals surface area (Å²) in [6.07, 6.45) is 7.11. The highest BCUT2D eigenvalue weighted by Gasteiger charge is 2.22. The van der Waals surface area contributed by atoms with E-state index in [1.165, 1.54) is 12.8 Å². The molecule has 76 valence electrons. The van der Waals surface area contributed by atoms with Crippen molar-refractivity contribution in [2.45, 2.75) is 38.7 Å². The molecule has 2 unspecified atom stereocenters. The first-order valence-corrected chi connectivity index (χ1v) is 5.15. The van der Waals surface area contributed by atoms with Crippen LogP contribution in [0.4, 0.5) is 0 Å². The molecule has 2 nitrogen and oxygen atoms in total. The summed E-state index contributed by atoms with van der Waals surface area (Å²) < 4.78 is 5.56. The maximum absolute atomic E-state index is 5.69. The van der Waals surface area contributed by atoms with Crippen LogP contribution in [0.2, 0.25) is 0 Å². The third-order valence-corrected chi connectivity index (χ3v) is 3.02. The van der Waals surface area contributed by atoms with Crippen molar-refractivity contribution < 1.29 is 4.74 Å². The van der Waals surface area contributed by atoms with Gasteiger partial charge in [0.2, 0.25) is 0 Å². The second kappa shape index (κ2) is 4.77. The quantitative estimate of drug-likeness (QED) is 0.662. The summed E-state index contributed by atoms with van der Waals surface area (Å²) in [5, 5.41) is 0. The zero-order valence-electron chi connectivity index (χ0n) is 8.59. The second-order valence-corrected chi connectivity index (χ2v) is 4.24. The van der Waals surface area contributed by atoms with Gasteiger partial charge >= 0.3 is 0 Å². The highest BCUT2D eigenvalue weighted by atomic mass is 16.5. The van der Waals surface area contributed by atoms with E-state index in [2.05, 4.69) is 13.5 Å². The fraction of sp³-hybridized carbons (Fsp3) is 0.818. The Bertz CT molecular complexity index is 163. The van der Waals surface area contributed by atoms with Crippen LogP contribution in [0.1, 0.15) is 32.6 Å². The first kappa shape index (κ1) is 10.7. The Morgan fingerprint density at radius 2 is 2.46 bits per heavy atom. The van der Waals surface area contributed by atoms with Gasteiger partial charge in [-0.2, -0.15) is 0 Å². The van der Waals surface area contributed by atoms with Gasteiger partial charge < -0.3 is 10.5 Å². The summed E-state index contributed by atoms with van der Waals surface area (Å²) >= 11 is 0. The summed E-state index contributed by atoms with van der Waals surface area (Å²) in [6, 6.07) is 0. The van der Waals surface area contributed by atoms with Crippen LogP contribution in [0.15, 0.2) is 12.7 Å². The van der Waals surface area contributed by atoms with E-state index in [1.807, 2.05) is 6.08 Å². The van der Waals surface area contributed by atoms with Crippen molar-refractivity contribution in [2.75, 3.05) is 13.2 Å². The SMILES string of the molecule is C=CC(C)(CN)CCC1CCCO1. The van der Waals surface area contributed by atoms with Crippen LogP contribution in [0.25, 0.3) is 0 Å². The van der Waals surface area contributed by atoms with Crippen LogP contribution in [-0.2, 0) is 4.74 Å². The number of rotatable bonds is 5. The maximum Gasteiger partial charge on any atom is 0.0576 e. The highest BCUT2D eigenvalue weighted by molar-refractivity contribution is 4.92. The first-order valence-electron chi connectivity index (χ1n) is 5.15.